The molecule has 0 spiro atoms. The number of amides is 1. The number of rotatable bonds is 5. The van der Waals surface area contributed by atoms with Crippen molar-refractivity contribution in [2.75, 3.05) is 37.0 Å². The van der Waals surface area contributed by atoms with Gasteiger partial charge in [0.05, 0.1) is 19.0 Å². The van der Waals surface area contributed by atoms with Crippen LogP contribution in [0.2, 0.25) is 0 Å². The predicted octanol–water partition coefficient (Wildman–Crippen LogP) is 1.14. The Bertz CT molecular complexity index is 506. The summed E-state index contributed by atoms with van der Waals surface area (Å²) in [5, 5.41) is 12.3. The van der Waals surface area contributed by atoms with Crippen LogP contribution in [0.3, 0.4) is 0 Å². The van der Waals surface area contributed by atoms with Crippen molar-refractivity contribution in [3.8, 4) is 0 Å². The molecule has 0 radical (unpaired) electrons. The second kappa shape index (κ2) is 7.32. The van der Waals surface area contributed by atoms with Gasteiger partial charge in [-0.15, -0.1) is 10.2 Å². The van der Waals surface area contributed by atoms with Crippen molar-refractivity contribution in [3.05, 3.63) is 0 Å². The van der Waals surface area contributed by atoms with Crippen LogP contribution in [0, 0.1) is 0 Å². The van der Waals surface area contributed by atoms with Gasteiger partial charge in [0.15, 0.2) is 5.16 Å². The first-order chi connectivity index (χ1) is 10.4. The number of carbonyl (C=O) groups is 1. The molecule has 2 rings (SSSR count). The van der Waals surface area contributed by atoms with E-state index in [0.717, 1.165) is 30.7 Å². The van der Waals surface area contributed by atoms with Crippen molar-refractivity contribution in [1.29, 1.82) is 0 Å². The van der Waals surface area contributed by atoms with Crippen molar-refractivity contribution < 1.29 is 9.53 Å². The van der Waals surface area contributed by atoms with Gasteiger partial charge in [-0.3, -0.25) is 9.36 Å². The summed E-state index contributed by atoms with van der Waals surface area (Å²) in [6.07, 6.45) is 0. The molecule has 1 N–H and O–H groups in total. The number of morpholine rings is 1. The molecule has 0 bridgehead atoms. The molecule has 0 unspecified atom stereocenters. The number of nitrogens with one attached hydrogen (secondary N) is 1. The van der Waals surface area contributed by atoms with E-state index in [9.17, 15) is 4.79 Å². The minimum absolute atomic E-state index is 0.0103. The minimum Gasteiger partial charge on any atom is -0.378 e. The molecule has 1 aliphatic rings. The standard InChI is InChI=1S/C14H25N5O2S/c1-5-19-12(18-6-8-21-9-7-18)16-17-13(19)22-10-11(20)15-14(2,3)4/h5-10H2,1-4H3,(H,15,20). The molecule has 1 aromatic heterocycles. The van der Waals surface area contributed by atoms with Crippen LogP contribution in [0.1, 0.15) is 27.7 Å². The van der Waals surface area contributed by atoms with E-state index in [1.165, 1.54) is 11.8 Å². The van der Waals surface area contributed by atoms with Gasteiger partial charge in [0.1, 0.15) is 0 Å². The highest BCUT2D eigenvalue weighted by Crippen LogP contribution is 2.22. The lowest BCUT2D eigenvalue weighted by molar-refractivity contribution is -0.119. The molecular weight excluding hydrogens is 302 g/mol. The summed E-state index contributed by atoms with van der Waals surface area (Å²) in [6.45, 7) is 11.8. The van der Waals surface area contributed by atoms with Gasteiger partial charge in [0.2, 0.25) is 11.9 Å². The molecular formula is C14H25N5O2S. The second-order valence-corrected chi connectivity index (χ2v) is 7.16. The Hall–Kier alpha value is -1.28. The van der Waals surface area contributed by atoms with Gasteiger partial charge in [0.25, 0.3) is 0 Å². The molecule has 124 valence electrons. The van der Waals surface area contributed by atoms with Crippen LogP contribution in [-0.2, 0) is 16.1 Å². The fraction of sp³-hybridized carbons (Fsp3) is 0.786. The average Bonchev–Trinajstić information content (AvgIpc) is 2.87. The Balaban J connectivity index is 1.99. The second-order valence-electron chi connectivity index (χ2n) is 6.21. The van der Waals surface area contributed by atoms with Crippen LogP contribution in [0.5, 0.6) is 0 Å². The molecule has 1 aromatic rings. The van der Waals surface area contributed by atoms with Gasteiger partial charge in [-0.05, 0) is 27.7 Å². The molecule has 0 aliphatic carbocycles. The molecule has 0 saturated carbocycles. The molecule has 1 aliphatic heterocycles. The van der Waals surface area contributed by atoms with Crippen molar-refractivity contribution in [1.82, 2.24) is 20.1 Å². The summed E-state index contributed by atoms with van der Waals surface area (Å²) < 4.78 is 7.43. The Morgan fingerprint density at radius 1 is 1.32 bits per heavy atom. The lowest BCUT2D eigenvalue weighted by Gasteiger charge is -2.27. The van der Waals surface area contributed by atoms with Gasteiger partial charge in [0, 0.05) is 25.2 Å². The topological polar surface area (TPSA) is 72.3 Å². The van der Waals surface area contributed by atoms with Crippen molar-refractivity contribution in [2.45, 2.75) is 44.9 Å². The van der Waals surface area contributed by atoms with Gasteiger partial charge in [-0.2, -0.15) is 0 Å². The summed E-state index contributed by atoms with van der Waals surface area (Å²) in [5.74, 6) is 1.22. The summed E-state index contributed by atoms with van der Waals surface area (Å²) in [6, 6.07) is 0. The van der Waals surface area contributed by atoms with Crippen LogP contribution in [0.25, 0.3) is 0 Å². The first kappa shape index (κ1) is 17.1. The van der Waals surface area contributed by atoms with Gasteiger partial charge < -0.3 is 15.0 Å². The van der Waals surface area contributed by atoms with E-state index in [1.54, 1.807) is 0 Å². The number of nitrogens with zero attached hydrogens (tertiary/aromatic N) is 4. The molecule has 0 aromatic carbocycles. The zero-order valence-corrected chi connectivity index (χ0v) is 14.6. The van der Waals surface area contributed by atoms with Crippen molar-refractivity contribution >= 4 is 23.6 Å². The molecule has 1 fully saturated rings. The van der Waals surface area contributed by atoms with E-state index in [2.05, 4.69) is 31.9 Å². The summed E-state index contributed by atoms with van der Waals surface area (Å²) in [7, 11) is 0. The number of hydrogen-bond acceptors (Lipinski definition) is 6. The minimum atomic E-state index is -0.213. The predicted molar refractivity (Wildman–Crippen MR) is 87.3 cm³/mol. The largest absolute Gasteiger partial charge is 0.378 e. The number of thioether (sulfide) groups is 1. The lowest BCUT2D eigenvalue weighted by Crippen LogP contribution is -2.41. The highest BCUT2D eigenvalue weighted by atomic mass is 32.2. The number of hydrogen-bond donors (Lipinski definition) is 1. The Kier molecular flexibility index (Phi) is 5.69. The zero-order valence-electron chi connectivity index (χ0n) is 13.8. The van der Waals surface area contributed by atoms with E-state index in [1.807, 2.05) is 20.8 Å². The SMILES string of the molecule is CCn1c(SCC(=O)NC(C)(C)C)nnc1N1CCOCC1. The molecule has 8 heteroatoms. The fourth-order valence-electron chi connectivity index (χ4n) is 2.25. The van der Waals surface area contributed by atoms with Crippen LogP contribution in [0.4, 0.5) is 5.95 Å². The van der Waals surface area contributed by atoms with E-state index >= 15 is 0 Å². The Morgan fingerprint density at radius 2 is 2.00 bits per heavy atom. The number of ether oxygens (including phenoxy) is 1. The van der Waals surface area contributed by atoms with E-state index < -0.39 is 0 Å². The monoisotopic (exact) mass is 327 g/mol. The molecule has 7 nitrogen and oxygen atoms in total. The Labute approximate surface area is 135 Å². The molecule has 0 atom stereocenters. The number of carbonyl (C=O) groups excluding carboxylic acids is 1. The third-order valence-corrected chi connectivity index (χ3v) is 4.12. The third-order valence-electron chi connectivity index (χ3n) is 3.15. The Morgan fingerprint density at radius 3 is 2.59 bits per heavy atom. The maximum atomic E-state index is 11.9. The highest BCUT2D eigenvalue weighted by molar-refractivity contribution is 7.99. The molecule has 1 saturated heterocycles. The quantitative estimate of drug-likeness (QED) is 0.818. The average molecular weight is 327 g/mol. The van der Waals surface area contributed by atoms with Gasteiger partial charge in [-0.1, -0.05) is 11.8 Å². The van der Waals surface area contributed by atoms with Gasteiger partial charge in [-0.25, -0.2) is 0 Å². The molecule has 22 heavy (non-hydrogen) atoms. The van der Waals surface area contributed by atoms with Crippen LogP contribution >= 0.6 is 11.8 Å². The lowest BCUT2D eigenvalue weighted by atomic mass is 10.1. The first-order valence-electron chi connectivity index (χ1n) is 7.60. The van der Waals surface area contributed by atoms with Crippen molar-refractivity contribution in [3.63, 3.8) is 0 Å². The van der Waals surface area contributed by atoms with E-state index in [-0.39, 0.29) is 11.4 Å². The fourth-order valence-corrected chi connectivity index (χ4v) is 3.04. The van der Waals surface area contributed by atoms with Gasteiger partial charge >= 0.3 is 0 Å². The van der Waals surface area contributed by atoms with E-state index in [4.69, 9.17) is 4.74 Å². The maximum absolute atomic E-state index is 11.9. The highest BCUT2D eigenvalue weighted by Gasteiger charge is 2.21. The summed E-state index contributed by atoms with van der Waals surface area (Å²) >= 11 is 1.42. The van der Waals surface area contributed by atoms with Crippen molar-refractivity contribution in [2.24, 2.45) is 0 Å². The normalized spacial score (nSPS) is 15.9. The number of aromatic nitrogens is 3. The molecule has 1 amide bonds. The molecule has 2 heterocycles. The first-order valence-corrected chi connectivity index (χ1v) is 8.59. The van der Waals surface area contributed by atoms with Crippen LogP contribution in [0.15, 0.2) is 5.16 Å². The van der Waals surface area contributed by atoms with Crippen LogP contribution < -0.4 is 10.2 Å². The smallest absolute Gasteiger partial charge is 0.230 e. The van der Waals surface area contributed by atoms with E-state index in [0.29, 0.717) is 19.0 Å². The number of anilines is 1. The van der Waals surface area contributed by atoms with Crippen LogP contribution in [-0.4, -0.2) is 58.3 Å². The summed E-state index contributed by atoms with van der Waals surface area (Å²) in [4.78, 5) is 14.1. The third kappa shape index (κ3) is 4.61. The maximum Gasteiger partial charge on any atom is 0.230 e. The summed E-state index contributed by atoms with van der Waals surface area (Å²) in [5.41, 5.74) is -0.213. The zero-order chi connectivity index (χ0) is 16.2.